The number of hydrazine groups is 1. The van der Waals surface area contributed by atoms with Gasteiger partial charge in [0, 0.05) is 32.3 Å². The number of hydrogen-bond acceptors (Lipinski definition) is 6. The van der Waals surface area contributed by atoms with Crippen molar-refractivity contribution in [1.82, 2.24) is 5.43 Å². The van der Waals surface area contributed by atoms with Crippen LogP contribution >= 0.6 is 0 Å². The summed E-state index contributed by atoms with van der Waals surface area (Å²) < 4.78 is 5.35. The number of hydrogen-bond donors (Lipinski definition) is 1. The summed E-state index contributed by atoms with van der Waals surface area (Å²) in [5.41, 5.74) is 4.39. The summed E-state index contributed by atoms with van der Waals surface area (Å²) in [6.45, 7) is 2.38. The Morgan fingerprint density at radius 2 is 1.88 bits per heavy atom. The van der Waals surface area contributed by atoms with Gasteiger partial charge < -0.3 is 9.64 Å². The molecule has 3 rings (SSSR count). The number of morpholine rings is 1. The summed E-state index contributed by atoms with van der Waals surface area (Å²) in [4.78, 5) is 25.5. The number of anilines is 2. The quantitative estimate of drug-likeness (QED) is 0.653. The monoisotopic (exact) mass is 356 g/mol. The summed E-state index contributed by atoms with van der Waals surface area (Å²) >= 11 is 0. The van der Waals surface area contributed by atoms with Gasteiger partial charge in [0.25, 0.3) is 11.6 Å². The van der Waals surface area contributed by atoms with Crippen LogP contribution in [0.15, 0.2) is 48.5 Å². The van der Waals surface area contributed by atoms with E-state index in [4.69, 9.17) is 4.74 Å². The molecule has 1 N–H and O–H groups in total. The molecule has 0 atom stereocenters. The molecule has 1 amide bonds. The number of benzene rings is 2. The SMILES string of the molecule is CN(NC(=O)c1cc([N+](=O)[O-])ccc1N1CCOCC1)c1ccccc1. The van der Waals surface area contributed by atoms with Crippen molar-refractivity contribution in [2.45, 2.75) is 0 Å². The third kappa shape index (κ3) is 3.92. The van der Waals surface area contributed by atoms with Crippen LogP contribution in [0.5, 0.6) is 0 Å². The van der Waals surface area contributed by atoms with Crippen LogP contribution in [0.1, 0.15) is 10.4 Å². The highest BCUT2D eigenvalue weighted by atomic mass is 16.6. The number of carbonyl (C=O) groups excluding carboxylic acids is 1. The average Bonchev–Trinajstić information content (AvgIpc) is 2.68. The first-order chi connectivity index (χ1) is 12.6. The Hall–Kier alpha value is -3.13. The van der Waals surface area contributed by atoms with Gasteiger partial charge in [-0.1, -0.05) is 18.2 Å². The molecule has 1 aliphatic rings. The first kappa shape index (κ1) is 17.7. The van der Waals surface area contributed by atoms with E-state index >= 15 is 0 Å². The second-order valence-electron chi connectivity index (χ2n) is 5.89. The lowest BCUT2D eigenvalue weighted by molar-refractivity contribution is -0.384. The summed E-state index contributed by atoms with van der Waals surface area (Å²) in [5, 5.41) is 12.7. The first-order valence-electron chi connectivity index (χ1n) is 8.27. The predicted octanol–water partition coefficient (Wildman–Crippen LogP) is 2.21. The zero-order valence-corrected chi connectivity index (χ0v) is 14.4. The third-order valence-corrected chi connectivity index (χ3v) is 4.20. The molecule has 26 heavy (non-hydrogen) atoms. The molecule has 0 saturated carbocycles. The minimum absolute atomic E-state index is 0.116. The normalized spacial score (nSPS) is 14.0. The molecular weight excluding hydrogens is 336 g/mol. The van der Waals surface area contributed by atoms with E-state index in [1.54, 1.807) is 18.1 Å². The smallest absolute Gasteiger partial charge is 0.272 e. The molecule has 0 unspecified atom stereocenters. The van der Waals surface area contributed by atoms with Crippen molar-refractivity contribution in [1.29, 1.82) is 0 Å². The predicted molar refractivity (Wildman–Crippen MR) is 98.4 cm³/mol. The van der Waals surface area contributed by atoms with Crippen molar-refractivity contribution in [2.24, 2.45) is 0 Å². The lowest BCUT2D eigenvalue weighted by Gasteiger charge is -2.30. The molecule has 8 heteroatoms. The van der Waals surface area contributed by atoms with E-state index in [1.165, 1.54) is 12.1 Å². The Kier molecular flexibility index (Phi) is 5.33. The Morgan fingerprint density at radius 3 is 2.54 bits per heavy atom. The number of carbonyl (C=O) groups is 1. The molecule has 0 radical (unpaired) electrons. The average molecular weight is 356 g/mol. The van der Waals surface area contributed by atoms with Crippen molar-refractivity contribution in [3.05, 3.63) is 64.2 Å². The maximum atomic E-state index is 12.8. The number of non-ortho nitro benzene ring substituents is 1. The first-order valence-corrected chi connectivity index (χ1v) is 8.27. The summed E-state index contributed by atoms with van der Waals surface area (Å²) in [6.07, 6.45) is 0. The summed E-state index contributed by atoms with van der Waals surface area (Å²) in [5.74, 6) is -0.401. The van der Waals surface area contributed by atoms with E-state index < -0.39 is 10.8 Å². The number of ether oxygens (including phenoxy) is 1. The summed E-state index contributed by atoms with van der Waals surface area (Å²) in [7, 11) is 1.72. The Labute approximate surface area is 151 Å². The summed E-state index contributed by atoms with van der Waals surface area (Å²) in [6, 6.07) is 13.7. The number of nitro groups is 1. The molecule has 1 heterocycles. The number of rotatable bonds is 5. The molecule has 2 aromatic rings. The largest absolute Gasteiger partial charge is 0.378 e. The molecule has 0 bridgehead atoms. The highest BCUT2D eigenvalue weighted by Gasteiger charge is 2.22. The number of amides is 1. The van der Waals surface area contributed by atoms with Gasteiger partial charge in [-0.05, 0) is 18.2 Å². The molecule has 0 aromatic heterocycles. The third-order valence-electron chi connectivity index (χ3n) is 4.20. The Morgan fingerprint density at radius 1 is 1.19 bits per heavy atom. The highest BCUT2D eigenvalue weighted by molar-refractivity contribution is 6.01. The van der Waals surface area contributed by atoms with Gasteiger partial charge in [-0.25, -0.2) is 0 Å². The lowest BCUT2D eigenvalue weighted by atomic mass is 10.1. The molecule has 1 fully saturated rings. The van der Waals surface area contributed by atoms with Crippen molar-refractivity contribution in [2.75, 3.05) is 43.3 Å². The molecule has 0 aliphatic carbocycles. The van der Waals surface area contributed by atoms with Crippen LogP contribution in [0, 0.1) is 10.1 Å². The maximum absolute atomic E-state index is 12.8. The van der Waals surface area contributed by atoms with E-state index in [-0.39, 0.29) is 11.3 Å². The van der Waals surface area contributed by atoms with E-state index in [9.17, 15) is 14.9 Å². The van der Waals surface area contributed by atoms with Crippen molar-refractivity contribution in [3.8, 4) is 0 Å². The van der Waals surface area contributed by atoms with Gasteiger partial charge in [-0.2, -0.15) is 0 Å². The zero-order chi connectivity index (χ0) is 18.5. The van der Waals surface area contributed by atoms with E-state index in [1.807, 2.05) is 35.2 Å². The zero-order valence-electron chi connectivity index (χ0n) is 14.4. The second kappa shape index (κ2) is 7.83. The van der Waals surface area contributed by atoms with E-state index in [0.717, 1.165) is 5.69 Å². The topological polar surface area (TPSA) is 88.0 Å². The molecule has 0 spiro atoms. The molecule has 2 aromatic carbocycles. The number of nitrogens with one attached hydrogen (secondary N) is 1. The van der Waals surface area contributed by atoms with Crippen LogP contribution in [-0.2, 0) is 4.74 Å². The van der Waals surface area contributed by atoms with Crippen molar-refractivity contribution in [3.63, 3.8) is 0 Å². The van der Waals surface area contributed by atoms with Crippen LogP contribution in [-0.4, -0.2) is 44.2 Å². The van der Waals surface area contributed by atoms with Gasteiger partial charge >= 0.3 is 0 Å². The molecule has 136 valence electrons. The van der Waals surface area contributed by atoms with Gasteiger partial charge in [0.2, 0.25) is 0 Å². The van der Waals surface area contributed by atoms with Gasteiger partial charge in [-0.15, -0.1) is 0 Å². The molecule has 1 saturated heterocycles. The second-order valence-corrected chi connectivity index (χ2v) is 5.89. The van der Waals surface area contributed by atoms with Crippen LogP contribution < -0.4 is 15.3 Å². The van der Waals surface area contributed by atoms with Crippen LogP contribution in [0.3, 0.4) is 0 Å². The van der Waals surface area contributed by atoms with E-state index in [0.29, 0.717) is 32.0 Å². The van der Waals surface area contributed by atoms with Crippen LogP contribution in [0.25, 0.3) is 0 Å². The number of nitro benzene ring substituents is 1. The van der Waals surface area contributed by atoms with Gasteiger partial charge in [0.05, 0.1) is 35.1 Å². The van der Waals surface area contributed by atoms with Crippen molar-refractivity contribution < 1.29 is 14.5 Å². The fraction of sp³-hybridized carbons (Fsp3) is 0.278. The van der Waals surface area contributed by atoms with Gasteiger partial charge in [-0.3, -0.25) is 25.3 Å². The minimum atomic E-state index is -0.499. The van der Waals surface area contributed by atoms with Crippen LogP contribution in [0.2, 0.25) is 0 Å². The van der Waals surface area contributed by atoms with Crippen molar-refractivity contribution >= 4 is 23.0 Å². The molecular formula is C18H20N4O4. The molecule has 8 nitrogen and oxygen atoms in total. The van der Waals surface area contributed by atoms with Crippen LogP contribution in [0.4, 0.5) is 17.1 Å². The van der Waals surface area contributed by atoms with Gasteiger partial charge in [0.1, 0.15) is 0 Å². The fourth-order valence-corrected chi connectivity index (χ4v) is 2.83. The Bertz CT molecular complexity index is 791. The fourth-order valence-electron chi connectivity index (χ4n) is 2.83. The molecule has 1 aliphatic heterocycles. The standard InChI is InChI=1S/C18H20N4O4/c1-20(14-5-3-2-4-6-14)19-18(23)16-13-15(22(24)25)7-8-17(16)21-9-11-26-12-10-21/h2-8,13H,9-12H2,1H3,(H,19,23). The van der Waals surface area contributed by atoms with Gasteiger partial charge in [0.15, 0.2) is 0 Å². The van der Waals surface area contributed by atoms with E-state index in [2.05, 4.69) is 5.43 Å². The number of nitrogens with zero attached hydrogens (tertiary/aromatic N) is 3. The maximum Gasteiger partial charge on any atom is 0.272 e. The minimum Gasteiger partial charge on any atom is -0.378 e. The highest BCUT2D eigenvalue weighted by Crippen LogP contribution is 2.26. The Balaban J connectivity index is 1.88. The lowest BCUT2D eigenvalue weighted by Crippen LogP contribution is -2.41. The number of para-hydroxylation sites is 1.